The van der Waals surface area contributed by atoms with E-state index in [-0.39, 0.29) is 11.1 Å². The maximum Gasteiger partial charge on any atom is 0.197 e. The van der Waals surface area contributed by atoms with Gasteiger partial charge in [0.15, 0.2) is 23.3 Å². The molecule has 2 aliphatic rings. The minimum atomic E-state index is -1.86. The summed E-state index contributed by atoms with van der Waals surface area (Å²) in [5, 5.41) is 2.64. The van der Waals surface area contributed by atoms with Crippen LogP contribution in [0.15, 0.2) is 0 Å². The van der Waals surface area contributed by atoms with Crippen molar-refractivity contribution in [2.24, 2.45) is 0 Å². The fourth-order valence-electron chi connectivity index (χ4n) is 2.16. The molecule has 2 bridgehead atoms. The van der Waals surface area contributed by atoms with Crippen LogP contribution < -0.4 is 5.32 Å². The summed E-state index contributed by atoms with van der Waals surface area (Å²) in [6.45, 7) is 0. The summed E-state index contributed by atoms with van der Waals surface area (Å²) in [6.07, 6.45) is -2.02. The zero-order valence-electron chi connectivity index (χ0n) is 9.32. The lowest BCUT2D eigenvalue weighted by molar-refractivity contribution is 0.394. The van der Waals surface area contributed by atoms with E-state index in [1.807, 2.05) is 0 Å². The van der Waals surface area contributed by atoms with Crippen LogP contribution in [0.4, 0.5) is 17.6 Å². The number of hydrogen-bond donors (Lipinski definition) is 1. The largest absolute Gasteiger partial charge is 0.303 e. The molecule has 15 heavy (non-hydrogen) atoms. The van der Waals surface area contributed by atoms with Crippen molar-refractivity contribution in [1.82, 2.24) is 5.32 Å². The van der Waals surface area contributed by atoms with Gasteiger partial charge in [-0.2, -0.15) is 0 Å². The molecule has 0 radical (unpaired) electrons. The van der Waals surface area contributed by atoms with Gasteiger partial charge in [0.05, 0.1) is 0 Å². The third-order valence-electron chi connectivity index (χ3n) is 2.82. The van der Waals surface area contributed by atoms with Crippen LogP contribution in [-0.2, 0) is 0 Å². The molecular formula is C10H7F4N. The van der Waals surface area contributed by atoms with Crippen LogP contribution >= 0.6 is 0 Å². The summed E-state index contributed by atoms with van der Waals surface area (Å²) in [6, 6.07) is -1.89. The van der Waals surface area contributed by atoms with Crippen molar-refractivity contribution in [3.8, 4) is 0 Å². The van der Waals surface area contributed by atoms with E-state index in [0.29, 0.717) is 0 Å². The second kappa shape index (κ2) is 2.72. The Kier molecular flexibility index (Phi) is 1.31. The van der Waals surface area contributed by atoms with Gasteiger partial charge in [0.25, 0.3) is 0 Å². The van der Waals surface area contributed by atoms with Crippen LogP contribution in [0, 0.1) is 23.3 Å². The molecule has 1 aromatic carbocycles. The fraction of sp³-hybridized carbons (Fsp3) is 0.400. The third-order valence-corrected chi connectivity index (χ3v) is 2.82. The van der Waals surface area contributed by atoms with Crippen LogP contribution in [0.25, 0.3) is 0 Å². The first-order valence-electron chi connectivity index (χ1n) is 5.57. The molecule has 4 atom stereocenters. The molecule has 2 heterocycles. The average Bonchev–Trinajstić information content (AvgIpc) is 2.82. The number of fused-ring (bicyclic) bond motifs is 5. The number of hydrogen-bond acceptors (Lipinski definition) is 1. The molecule has 5 heteroatoms. The first kappa shape index (κ1) is 7.22. The molecule has 0 saturated carbocycles. The first-order valence-corrected chi connectivity index (χ1v) is 4.41. The molecule has 0 aliphatic carbocycles. The van der Waals surface area contributed by atoms with E-state index in [2.05, 4.69) is 5.32 Å². The van der Waals surface area contributed by atoms with Gasteiger partial charge in [-0.1, -0.05) is 0 Å². The highest BCUT2D eigenvalue weighted by Crippen LogP contribution is 2.48. The van der Waals surface area contributed by atoms with Gasteiger partial charge in [-0.05, 0) is 12.8 Å². The van der Waals surface area contributed by atoms with E-state index >= 15 is 0 Å². The lowest BCUT2D eigenvalue weighted by Crippen LogP contribution is -2.09. The van der Waals surface area contributed by atoms with E-state index in [1.54, 1.807) is 0 Å². The molecule has 1 nitrogen and oxygen atoms in total. The molecular weight excluding hydrogens is 210 g/mol. The number of benzene rings is 1. The SMILES string of the molecule is [2H][C@@H]1[C@H]([2H])[C@@H]2N[C@H]1c1c(F)c(F)c(F)c(F)c12. The minimum absolute atomic E-state index is 0.338. The summed E-state index contributed by atoms with van der Waals surface area (Å²) in [5.41, 5.74) is -0.676. The van der Waals surface area contributed by atoms with Crippen LogP contribution in [0.1, 0.15) is 38.7 Å². The Morgan fingerprint density at radius 3 is 1.67 bits per heavy atom. The van der Waals surface area contributed by atoms with Gasteiger partial charge >= 0.3 is 0 Å². The highest BCUT2D eigenvalue weighted by Gasteiger charge is 2.43. The number of rotatable bonds is 0. The molecule has 1 aromatic rings. The Bertz CT molecular complexity index is 477. The van der Waals surface area contributed by atoms with Crippen molar-refractivity contribution in [1.29, 1.82) is 0 Å². The lowest BCUT2D eigenvalue weighted by atomic mass is 9.90. The molecule has 0 spiro atoms. The normalized spacial score (nSPS) is 38.9. The van der Waals surface area contributed by atoms with Gasteiger partial charge in [-0.3, -0.25) is 0 Å². The topological polar surface area (TPSA) is 12.0 Å². The van der Waals surface area contributed by atoms with Gasteiger partial charge in [0.1, 0.15) is 0 Å². The number of nitrogens with one attached hydrogen (secondary N) is 1. The Morgan fingerprint density at radius 2 is 1.27 bits per heavy atom. The van der Waals surface area contributed by atoms with E-state index in [4.69, 9.17) is 2.74 Å². The van der Waals surface area contributed by atoms with Crippen molar-refractivity contribution < 1.29 is 20.3 Å². The van der Waals surface area contributed by atoms with Gasteiger partial charge < -0.3 is 5.32 Å². The van der Waals surface area contributed by atoms with Crippen molar-refractivity contribution in [2.75, 3.05) is 0 Å². The highest BCUT2D eigenvalue weighted by atomic mass is 19.2. The standard InChI is InChI=1S/C10H7F4N/c11-7-5-3-1-2-4(15-3)6(5)8(12)10(14)9(7)13/h3-4,15H,1-2H2/t3-,4+/i1D,2D/t1-,2+,3-,4+. The molecule has 0 unspecified atom stereocenters. The summed E-state index contributed by atoms with van der Waals surface area (Å²) < 4.78 is 68.4. The second-order valence-electron chi connectivity index (χ2n) is 3.59. The van der Waals surface area contributed by atoms with E-state index < -0.39 is 48.1 Å². The maximum absolute atomic E-state index is 13.5. The first-order chi connectivity index (χ1) is 7.95. The average molecular weight is 219 g/mol. The van der Waals surface area contributed by atoms with E-state index in [1.165, 1.54) is 0 Å². The molecule has 0 aromatic heterocycles. The highest BCUT2D eigenvalue weighted by molar-refractivity contribution is 5.42. The number of halogens is 4. The van der Waals surface area contributed by atoms with Crippen molar-refractivity contribution in [3.63, 3.8) is 0 Å². The van der Waals surface area contributed by atoms with Gasteiger partial charge in [0.2, 0.25) is 0 Å². The lowest BCUT2D eigenvalue weighted by Gasteiger charge is -2.15. The summed E-state index contributed by atoms with van der Waals surface area (Å²) >= 11 is 0. The predicted molar refractivity (Wildman–Crippen MR) is 44.1 cm³/mol. The van der Waals surface area contributed by atoms with E-state index in [9.17, 15) is 17.6 Å². The van der Waals surface area contributed by atoms with E-state index in [0.717, 1.165) is 0 Å². The van der Waals surface area contributed by atoms with Crippen molar-refractivity contribution >= 4 is 0 Å². The Hall–Kier alpha value is -1.10. The second-order valence-corrected chi connectivity index (χ2v) is 3.59. The summed E-state index contributed by atoms with van der Waals surface area (Å²) in [7, 11) is 0. The van der Waals surface area contributed by atoms with Crippen molar-refractivity contribution in [2.45, 2.75) is 24.9 Å². The van der Waals surface area contributed by atoms with Gasteiger partial charge in [-0.15, -0.1) is 0 Å². The molecule has 1 saturated heterocycles. The zero-order valence-corrected chi connectivity index (χ0v) is 7.32. The molecule has 1 fully saturated rings. The van der Waals surface area contributed by atoms with Crippen LogP contribution in [0.3, 0.4) is 0 Å². The molecule has 2 aliphatic heterocycles. The minimum Gasteiger partial charge on any atom is -0.303 e. The van der Waals surface area contributed by atoms with Crippen LogP contribution in [0.5, 0.6) is 0 Å². The van der Waals surface area contributed by atoms with Crippen LogP contribution in [-0.4, -0.2) is 0 Å². The summed E-state index contributed by atoms with van der Waals surface area (Å²) in [5.74, 6) is -6.63. The van der Waals surface area contributed by atoms with Gasteiger partial charge in [0, 0.05) is 26.0 Å². The quantitative estimate of drug-likeness (QED) is 0.402. The zero-order chi connectivity index (χ0) is 12.5. The molecule has 0 amide bonds. The van der Waals surface area contributed by atoms with Crippen molar-refractivity contribution in [3.05, 3.63) is 34.4 Å². The Balaban J connectivity index is 2.32. The monoisotopic (exact) mass is 219 g/mol. The Morgan fingerprint density at radius 1 is 0.867 bits per heavy atom. The van der Waals surface area contributed by atoms with Gasteiger partial charge in [-0.25, -0.2) is 17.6 Å². The predicted octanol–water partition coefficient (Wildman–Crippen LogP) is 2.72. The molecule has 80 valence electrons. The smallest absolute Gasteiger partial charge is 0.197 e. The molecule has 1 N–H and O–H groups in total. The fourth-order valence-corrected chi connectivity index (χ4v) is 2.16. The summed E-state index contributed by atoms with van der Waals surface area (Å²) in [4.78, 5) is 0. The maximum atomic E-state index is 13.5. The third kappa shape index (κ3) is 0.963. The molecule has 3 rings (SSSR count). The van der Waals surface area contributed by atoms with Crippen LogP contribution in [0.2, 0.25) is 0 Å². The Labute approximate surface area is 85.9 Å².